The minimum absolute atomic E-state index is 0.848. The molecule has 0 rings (SSSR count). The highest BCUT2D eigenvalue weighted by molar-refractivity contribution is 9.06. The van der Waals surface area contributed by atoms with E-state index in [4.69, 9.17) is 3.83 Å². The van der Waals surface area contributed by atoms with Crippen LogP contribution < -0.4 is 0 Å². The Labute approximate surface area is 136 Å². The quantitative estimate of drug-likeness (QED) is 0.209. The van der Waals surface area contributed by atoms with Gasteiger partial charge in [-0.25, -0.2) is 0 Å². The minimum Gasteiger partial charge on any atom is -0.308 e. The number of rotatable bonds is 16. The molecule has 0 aromatic rings. The molecule has 20 heavy (non-hydrogen) atoms. The molecular formula is C18H35BrO. The van der Waals surface area contributed by atoms with E-state index in [1.54, 1.807) is 0 Å². The molecule has 0 radical (unpaired) electrons. The lowest BCUT2D eigenvalue weighted by Crippen LogP contribution is -1.84. The van der Waals surface area contributed by atoms with Crippen molar-refractivity contribution in [3.05, 3.63) is 12.2 Å². The van der Waals surface area contributed by atoms with Crippen LogP contribution >= 0.6 is 16.3 Å². The van der Waals surface area contributed by atoms with Crippen molar-refractivity contribution >= 4 is 16.3 Å². The normalized spacial score (nSPS) is 11.5. The molecule has 0 amide bonds. The van der Waals surface area contributed by atoms with Crippen molar-refractivity contribution < 1.29 is 3.83 Å². The van der Waals surface area contributed by atoms with Crippen LogP contribution in [0.1, 0.15) is 96.8 Å². The maximum atomic E-state index is 4.86. The third-order valence-electron chi connectivity index (χ3n) is 3.73. The molecule has 0 heterocycles. The van der Waals surface area contributed by atoms with Gasteiger partial charge in [-0.3, -0.25) is 0 Å². The summed E-state index contributed by atoms with van der Waals surface area (Å²) in [5.41, 5.74) is 0. The average molecular weight is 347 g/mol. The van der Waals surface area contributed by atoms with Crippen LogP contribution in [0.5, 0.6) is 0 Å². The summed E-state index contributed by atoms with van der Waals surface area (Å²) in [6.07, 6.45) is 23.8. The lowest BCUT2D eigenvalue weighted by molar-refractivity contribution is 0.374. The summed E-state index contributed by atoms with van der Waals surface area (Å²) in [6.45, 7) is 3.13. The van der Waals surface area contributed by atoms with E-state index in [0.717, 1.165) is 6.61 Å². The van der Waals surface area contributed by atoms with Crippen LogP contribution in [0.4, 0.5) is 0 Å². The molecule has 0 unspecified atom stereocenters. The lowest BCUT2D eigenvalue weighted by Gasteiger charge is -2.00. The molecule has 0 saturated carbocycles. The average Bonchev–Trinajstić information content (AvgIpc) is 2.47. The van der Waals surface area contributed by atoms with Crippen molar-refractivity contribution in [3.8, 4) is 0 Å². The van der Waals surface area contributed by atoms with E-state index in [1.807, 2.05) is 0 Å². The van der Waals surface area contributed by atoms with Crippen LogP contribution in [-0.4, -0.2) is 6.61 Å². The highest BCUT2D eigenvalue weighted by Crippen LogP contribution is 2.10. The Balaban J connectivity index is 3.01. The Morgan fingerprint density at radius 1 is 0.650 bits per heavy atom. The number of halogens is 1. The smallest absolute Gasteiger partial charge is 0.0987 e. The largest absolute Gasteiger partial charge is 0.308 e. The topological polar surface area (TPSA) is 9.23 Å². The molecule has 2 heteroatoms. The summed E-state index contributed by atoms with van der Waals surface area (Å²) in [7, 11) is 0. The number of hydrogen-bond acceptors (Lipinski definition) is 1. The molecule has 0 aliphatic heterocycles. The van der Waals surface area contributed by atoms with Crippen LogP contribution in [0.15, 0.2) is 12.2 Å². The first-order chi connectivity index (χ1) is 9.91. The van der Waals surface area contributed by atoms with Crippen molar-refractivity contribution in [3.63, 3.8) is 0 Å². The maximum absolute atomic E-state index is 4.86. The van der Waals surface area contributed by atoms with E-state index in [2.05, 4.69) is 35.3 Å². The van der Waals surface area contributed by atoms with Crippen LogP contribution in [0.25, 0.3) is 0 Å². The minimum atomic E-state index is 0.848. The van der Waals surface area contributed by atoms with Gasteiger partial charge in [0, 0.05) is 0 Å². The Morgan fingerprint density at radius 3 is 1.60 bits per heavy atom. The van der Waals surface area contributed by atoms with Crippen LogP contribution in [0, 0.1) is 0 Å². The van der Waals surface area contributed by atoms with Gasteiger partial charge >= 0.3 is 0 Å². The van der Waals surface area contributed by atoms with E-state index < -0.39 is 0 Å². The molecule has 0 atom stereocenters. The van der Waals surface area contributed by atoms with Crippen molar-refractivity contribution in [1.29, 1.82) is 0 Å². The molecule has 120 valence electrons. The van der Waals surface area contributed by atoms with E-state index in [-0.39, 0.29) is 0 Å². The monoisotopic (exact) mass is 346 g/mol. The summed E-state index contributed by atoms with van der Waals surface area (Å²) in [6, 6.07) is 0. The highest BCUT2D eigenvalue weighted by Gasteiger charge is 1.91. The Hall–Kier alpha value is 0.180. The Bertz CT molecular complexity index is 192. The van der Waals surface area contributed by atoms with Gasteiger partial charge in [-0.2, -0.15) is 0 Å². The molecule has 0 N–H and O–H groups in total. The summed E-state index contributed by atoms with van der Waals surface area (Å²) in [5.74, 6) is 0. The molecule has 0 saturated heterocycles. The van der Waals surface area contributed by atoms with Gasteiger partial charge in [0.15, 0.2) is 0 Å². The SMILES string of the molecule is CCCCCCCC/C=C/CCCCCCCCOBr. The second-order valence-corrected chi connectivity index (χ2v) is 6.21. The van der Waals surface area contributed by atoms with Gasteiger partial charge < -0.3 is 3.83 Å². The first kappa shape index (κ1) is 20.2. The fraction of sp³-hybridized carbons (Fsp3) is 0.889. The standard InChI is InChI=1S/C18H35BrO/c1-2-3-4-5-6-7-8-9-10-11-12-13-14-15-16-17-18-20-19/h9-10H,2-8,11-18H2,1H3/b10-9+. The lowest BCUT2D eigenvalue weighted by atomic mass is 10.1. The fourth-order valence-corrected chi connectivity index (χ4v) is 2.63. The Kier molecular flexibility index (Phi) is 19.4. The predicted molar refractivity (Wildman–Crippen MR) is 94.3 cm³/mol. The fourth-order valence-electron chi connectivity index (χ4n) is 2.40. The molecule has 0 aromatic carbocycles. The third-order valence-corrected chi connectivity index (χ3v) is 4.06. The van der Waals surface area contributed by atoms with Gasteiger partial charge in [-0.05, 0) is 32.1 Å². The van der Waals surface area contributed by atoms with Crippen LogP contribution in [0.2, 0.25) is 0 Å². The third kappa shape index (κ3) is 18.2. The van der Waals surface area contributed by atoms with Gasteiger partial charge in [0.05, 0.1) is 22.9 Å². The summed E-state index contributed by atoms with van der Waals surface area (Å²) < 4.78 is 4.86. The first-order valence-corrected chi connectivity index (χ1v) is 9.45. The van der Waals surface area contributed by atoms with Crippen LogP contribution in [-0.2, 0) is 3.83 Å². The summed E-state index contributed by atoms with van der Waals surface area (Å²) in [5, 5.41) is 0. The van der Waals surface area contributed by atoms with Crippen molar-refractivity contribution in [2.24, 2.45) is 0 Å². The van der Waals surface area contributed by atoms with Gasteiger partial charge in [0.2, 0.25) is 0 Å². The number of allylic oxidation sites excluding steroid dienone is 2. The zero-order valence-electron chi connectivity index (χ0n) is 13.5. The highest BCUT2D eigenvalue weighted by atomic mass is 79.9. The number of unbranched alkanes of at least 4 members (excludes halogenated alkanes) is 12. The molecule has 0 bridgehead atoms. The van der Waals surface area contributed by atoms with Crippen molar-refractivity contribution in [2.45, 2.75) is 96.8 Å². The molecular weight excluding hydrogens is 312 g/mol. The first-order valence-electron chi connectivity index (χ1n) is 8.80. The predicted octanol–water partition coefficient (Wildman–Crippen LogP) is 7.35. The van der Waals surface area contributed by atoms with E-state index in [9.17, 15) is 0 Å². The van der Waals surface area contributed by atoms with E-state index in [0.29, 0.717) is 0 Å². The summed E-state index contributed by atoms with van der Waals surface area (Å²) >= 11 is 2.99. The zero-order chi connectivity index (χ0) is 14.7. The van der Waals surface area contributed by atoms with Gasteiger partial charge in [0.25, 0.3) is 0 Å². The molecule has 0 aliphatic rings. The zero-order valence-corrected chi connectivity index (χ0v) is 15.1. The van der Waals surface area contributed by atoms with Gasteiger partial charge in [-0.15, -0.1) is 0 Å². The molecule has 0 aromatic heterocycles. The second kappa shape index (κ2) is 19.2. The molecule has 1 nitrogen and oxygen atoms in total. The van der Waals surface area contributed by atoms with Crippen molar-refractivity contribution in [1.82, 2.24) is 0 Å². The van der Waals surface area contributed by atoms with Crippen LogP contribution in [0.3, 0.4) is 0 Å². The maximum Gasteiger partial charge on any atom is 0.0987 e. The molecule has 0 spiro atoms. The number of hydrogen-bond donors (Lipinski definition) is 0. The van der Waals surface area contributed by atoms with Gasteiger partial charge in [-0.1, -0.05) is 76.9 Å². The van der Waals surface area contributed by atoms with E-state index in [1.165, 1.54) is 89.9 Å². The van der Waals surface area contributed by atoms with Gasteiger partial charge in [0.1, 0.15) is 0 Å². The Morgan fingerprint density at radius 2 is 1.10 bits per heavy atom. The van der Waals surface area contributed by atoms with E-state index >= 15 is 0 Å². The molecule has 0 fully saturated rings. The second-order valence-electron chi connectivity index (χ2n) is 5.75. The summed E-state index contributed by atoms with van der Waals surface area (Å²) in [4.78, 5) is 0. The molecule has 0 aliphatic carbocycles. The van der Waals surface area contributed by atoms with Crippen molar-refractivity contribution in [2.75, 3.05) is 6.61 Å².